The van der Waals surface area contributed by atoms with Crippen molar-refractivity contribution < 1.29 is 26.7 Å². The molecule has 4 nitrogen and oxygen atoms in total. The minimum atomic E-state index is -4.86. The van der Waals surface area contributed by atoms with Crippen molar-refractivity contribution in [2.45, 2.75) is 47.3 Å². The Morgan fingerprint density at radius 3 is 2.24 bits per heavy atom. The van der Waals surface area contributed by atoms with Crippen molar-refractivity contribution in [2.24, 2.45) is 0 Å². The molecule has 1 aromatic heterocycles. The fourth-order valence-electron chi connectivity index (χ4n) is 2.59. The highest BCUT2D eigenvalue weighted by Crippen LogP contribution is 2.44. The molecular formula is C17H16F3NO3S. The molecule has 0 spiro atoms. The van der Waals surface area contributed by atoms with E-state index in [0.717, 1.165) is 37.1 Å². The number of hydrogen-bond donors (Lipinski definition) is 1. The van der Waals surface area contributed by atoms with Crippen LogP contribution in [-0.2, 0) is 15.4 Å². The average Bonchev–Trinajstić information content (AvgIpc) is 3.39. The summed E-state index contributed by atoms with van der Waals surface area (Å²) in [7, 11) is -3.88. The molecule has 0 radical (unpaired) electrons. The Morgan fingerprint density at radius 2 is 1.72 bits per heavy atom. The Kier molecular flexibility index (Phi) is 4.15. The monoisotopic (exact) mass is 371 g/mol. The summed E-state index contributed by atoms with van der Waals surface area (Å²) in [5.74, 6) is 0.156. The number of hydrogen-bond acceptors (Lipinski definition) is 4. The summed E-state index contributed by atoms with van der Waals surface area (Å²) in [5.41, 5.74) is -2.84. The van der Waals surface area contributed by atoms with Gasteiger partial charge < -0.3 is 5.11 Å². The standard InChI is InChI=1S/C17H16F3NO3S/c1-16(22,17(18,19)20)12-4-6-13(7-5-12)25(23,24)15-8-9-21-10-14(15)11-2-3-11/h4-11,22H,2-3H2,1H3/t16-/m0/s1. The highest BCUT2D eigenvalue weighted by Gasteiger charge is 2.51. The highest BCUT2D eigenvalue weighted by atomic mass is 32.2. The number of sulfone groups is 1. The number of nitrogens with zero attached hydrogens (tertiary/aromatic N) is 1. The Hall–Kier alpha value is -1.93. The SMILES string of the molecule is C[C@](O)(c1ccc(S(=O)(=O)c2ccncc2C2CC2)cc1)C(F)(F)F. The lowest BCUT2D eigenvalue weighted by Crippen LogP contribution is -2.39. The first-order chi connectivity index (χ1) is 11.5. The Labute approximate surface area is 143 Å². The third-order valence-electron chi connectivity index (χ3n) is 4.40. The summed E-state index contributed by atoms with van der Waals surface area (Å²) in [6, 6.07) is 5.55. The van der Waals surface area contributed by atoms with Gasteiger partial charge in [0.25, 0.3) is 0 Å². The van der Waals surface area contributed by atoms with Gasteiger partial charge in [0.05, 0.1) is 9.79 Å². The maximum absolute atomic E-state index is 12.9. The molecule has 1 aliphatic carbocycles. The van der Waals surface area contributed by atoms with E-state index in [1.807, 2.05) is 0 Å². The number of aromatic nitrogens is 1. The van der Waals surface area contributed by atoms with E-state index in [1.165, 1.54) is 18.5 Å². The zero-order valence-electron chi connectivity index (χ0n) is 13.3. The predicted molar refractivity (Wildman–Crippen MR) is 83.7 cm³/mol. The van der Waals surface area contributed by atoms with Crippen LogP contribution in [0.3, 0.4) is 0 Å². The number of rotatable bonds is 4. The lowest BCUT2D eigenvalue weighted by Gasteiger charge is -2.26. The van der Waals surface area contributed by atoms with Gasteiger partial charge in [-0.25, -0.2) is 8.42 Å². The first kappa shape index (κ1) is 17.9. The molecule has 25 heavy (non-hydrogen) atoms. The minimum absolute atomic E-state index is 0.123. The molecule has 134 valence electrons. The van der Waals surface area contributed by atoms with Crippen LogP contribution in [0.4, 0.5) is 13.2 Å². The van der Waals surface area contributed by atoms with Crippen molar-refractivity contribution in [3.63, 3.8) is 0 Å². The van der Waals surface area contributed by atoms with Gasteiger partial charge in [0.15, 0.2) is 5.60 Å². The largest absolute Gasteiger partial charge is 0.421 e. The number of pyridine rings is 1. The molecule has 0 unspecified atom stereocenters. The van der Waals surface area contributed by atoms with Gasteiger partial charge in [0, 0.05) is 12.4 Å². The van der Waals surface area contributed by atoms with E-state index < -0.39 is 27.2 Å². The van der Waals surface area contributed by atoms with E-state index in [-0.39, 0.29) is 15.7 Å². The van der Waals surface area contributed by atoms with Crippen LogP contribution in [0.25, 0.3) is 0 Å². The van der Waals surface area contributed by atoms with Crippen LogP contribution >= 0.6 is 0 Å². The number of halogens is 3. The van der Waals surface area contributed by atoms with Gasteiger partial charge in [-0.05, 0) is 55.0 Å². The Bertz CT molecular complexity index is 886. The Balaban J connectivity index is 2.00. The van der Waals surface area contributed by atoms with Gasteiger partial charge in [0.1, 0.15) is 0 Å². The molecule has 1 aromatic carbocycles. The molecule has 0 amide bonds. The first-order valence-corrected chi connectivity index (χ1v) is 9.12. The molecule has 1 atom stereocenters. The number of benzene rings is 1. The molecular weight excluding hydrogens is 355 g/mol. The third-order valence-corrected chi connectivity index (χ3v) is 6.24. The zero-order chi connectivity index (χ0) is 18.5. The van der Waals surface area contributed by atoms with Crippen LogP contribution in [-0.4, -0.2) is 24.7 Å². The van der Waals surface area contributed by atoms with Crippen LogP contribution in [0.15, 0.2) is 52.5 Å². The first-order valence-electron chi connectivity index (χ1n) is 7.64. The summed E-state index contributed by atoms with van der Waals surface area (Å²) in [6.45, 7) is 0.630. The van der Waals surface area contributed by atoms with E-state index in [1.54, 1.807) is 0 Å². The molecule has 8 heteroatoms. The van der Waals surface area contributed by atoms with Crippen LogP contribution < -0.4 is 0 Å². The van der Waals surface area contributed by atoms with Crippen molar-refractivity contribution in [1.29, 1.82) is 0 Å². The van der Waals surface area contributed by atoms with Crippen LogP contribution in [0.1, 0.15) is 36.8 Å². The second-order valence-electron chi connectivity index (χ2n) is 6.29. The second-order valence-corrected chi connectivity index (χ2v) is 8.20. The molecule has 0 saturated heterocycles. The molecule has 0 bridgehead atoms. The van der Waals surface area contributed by atoms with Gasteiger partial charge in [-0.15, -0.1) is 0 Å². The molecule has 1 aliphatic rings. The molecule has 1 saturated carbocycles. The maximum atomic E-state index is 12.9. The lowest BCUT2D eigenvalue weighted by atomic mass is 9.96. The zero-order valence-corrected chi connectivity index (χ0v) is 14.1. The van der Waals surface area contributed by atoms with Crippen molar-refractivity contribution in [3.8, 4) is 0 Å². The van der Waals surface area contributed by atoms with Gasteiger partial charge in [-0.1, -0.05) is 12.1 Å². The summed E-state index contributed by atoms with van der Waals surface area (Å²) in [4.78, 5) is 3.97. The summed E-state index contributed by atoms with van der Waals surface area (Å²) in [5, 5.41) is 9.68. The van der Waals surface area contributed by atoms with Crippen molar-refractivity contribution >= 4 is 9.84 Å². The highest BCUT2D eigenvalue weighted by molar-refractivity contribution is 7.91. The second kappa shape index (κ2) is 5.81. The quantitative estimate of drug-likeness (QED) is 0.892. The van der Waals surface area contributed by atoms with E-state index >= 15 is 0 Å². The van der Waals surface area contributed by atoms with Crippen LogP contribution in [0.5, 0.6) is 0 Å². The number of aliphatic hydroxyl groups is 1. The lowest BCUT2D eigenvalue weighted by molar-refractivity contribution is -0.258. The van der Waals surface area contributed by atoms with Crippen molar-refractivity contribution in [3.05, 3.63) is 53.9 Å². The third kappa shape index (κ3) is 3.16. The normalized spacial score (nSPS) is 18.0. The van der Waals surface area contributed by atoms with Crippen LogP contribution in [0, 0.1) is 0 Å². The van der Waals surface area contributed by atoms with Crippen molar-refractivity contribution in [2.75, 3.05) is 0 Å². The fraction of sp³-hybridized carbons (Fsp3) is 0.353. The van der Waals surface area contributed by atoms with E-state index in [0.29, 0.717) is 12.5 Å². The number of alkyl halides is 3. The van der Waals surface area contributed by atoms with E-state index in [9.17, 15) is 26.7 Å². The molecule has 1 N–H and O–H groups in total. The molecule has 1 fully saturated rings. The van der Waals surface area contributed by atoms with Crippen molar-refractivity contribution in [1.82, 2.24) is 4.98 Å². The fourth-order valence-corrected chi connectivity index (χ4v) is 4.11. The predicted octanol–water partition coefficient (Wildman–Crippen LogP) is 3.56. The molecule has 3 rings (SSSR count). The van der Waals surface area contributed by atoms with E-state index in [4.69, 9.17) is 0 Å². The van der Waals surface area contributed by atoms with E-state index in [2.05, 4.69) is 4.98 Å². The van der Waals surface area contributed by atoms with Gasteiger partial charge in [-0.2, -0.15) is 13.2 Å². The summed E-state index contributed by atoms with van der Waals surface area (Å²) < 4.78 is 64.3. The molecule has 2 aromatic rings. The summed E-state index contributed by atoms with van der Waals surface area (Å²) >= 11 is 0. The van der Waals surface area contributed by atoms with Gasteiger partial charge in [-0.3, -0.25) is 4.98 Å². The summed E-state index contributed by atoms with van der Waals surface area (Å²) in [6.07, 6.45) is -0.185. The molecule has 0 aliphatic heterocycles. The Morgan fingerprint density at radius 1 is 1.12 bits per heavy atom. The topological polar surface area (TPSA) is 67.3 Å². The van der Waals surface area contributed by atoms with Gasteiger partial charge >= 0.3 is 6.18 Å². The van der Waals surface area contributed by atoms with Crippen LogP contribution in [0.2, 0.25) is 0 Å². The molecule has 1 heterocycles. The minimum Gasteiger partial charge on any atom is -0.376 e. The maximum Gasteiger partial charge on any atom is 0.421 e. The van der Waals surface area contributed by atoms with Gasteiger partial charge in [0.2, 0.25) is 9.84 Å². The average molecular weight is 371 g/mol. The smallest absolute Gasteiger partial charge is 0.376 e.